The molecule has 0 saturated carbocycles. The average molecular weight is 305 g/mol. The molecule has 2 nitrogen and oxygen atoms in total. The van der Waals surface area contributed by atoms with Crippen LogP contribution in [0.5, 0.6) is 0 Å². The summed E-state index contributed by atoms with van der Waals surface area (Å²) >= 11 is 6.54. The summed E-state index contributed by atoms with van der Waals surface area (Å²) in [4.78, 5) is 4.35. The summed E-state index contributed by atoms with van der Waals surface area (Å²) in [6.45, 7) is 19.2. The van der Waals surface area contributed by atoms with E-state index < -0.39 is 0 Å². The monoisotopic (exact) mass is 304 g/mol. The summed E-state index contributed by atoms with van der Waals surface area (Å²) in [5.41, 5.74) is 7.59. The van der Waals surface area contributed by atoms with E-state index in [0.29, 0.717) is 0 Å². The van der Waals surface area contributed by atoms with Crippen molar-refractivity contribution in [2.75, 3.05) is 23.9 Å². The van der Waals surface area contributed by atoms with E-state index in [4.69, 9.17) is 11.6 Å². The molecule has 0 aromatic heterocycles. The van der Waals surface area contributed by atoms with Crippen LogP contribution in [0.25, 0.3) is 0 Å². The van der Waals surface area contributed by atoms with Crippen LogP contribution in [-0.2, 0) is 0 Å². The van der Waals surface area contributed by atoms with Crippen molar-refractivity contribution in [3.05, 3.63) is 46.3 Å². The average Bonchev–Trinajstić information content (AvgIpc) is 2.48. The number of hydrogen-bond donors (Lipinski definition) is 0. The number of hydrogen-bond acceptors (Lipinski definition) is 2. The van der Waals surface area contributed by atoms with Gasteiger partial charge < -0.3 is 9.80 Å². The van der Waals surface area contributed by atoms with Crippen LogP contribution in [0.2, 0.25) is 5.02 Å². The maximum atomic E-state index is 6.54. The van der Waals surface area contributed by atoms with Crippen molar-refractivity contribution < 1.29 is 0 Å². The molecular weight excluding hydrogens is 280 g/mol. The third kappa shape index (κ3) is 2.00. The highest BCUT2D eigenvalue weighted by Gasteiger charge is 2.37. The largest absolute Gasteiger partial charge is 0.346 e. The van der Waals surface area contributed by atoms with E-state index in [1.165, 1.54) is 11.3 Å². The molecule has 1 aromatic carbocycles. The number of anilines is 2. The minimum Gasteiger partial charge on any atom is -0.346 e. The molecule has 0 radical (unpaired) electrons. The van der Waals surface area contributed by atoms with Crippen LogP contribution >= 0.6 is 11.6 Å². The Hall–Kier alpha value is -1.41. The Kier molecular flexibility index (Phi) is 3.66. The van der Waals surface area contributed by atoms with E-state index >= 15 is 0 Å². The third-order valence-corrected chi connectivity index (χ3v) is 5.65. The summed E-state index contributed by atoms with van der Waals surface area (Å²) in [6.07, 6.45) is 0. The van der Waals surface area contributed by atoms with Crippen LogP contribution in [0.3, 0.4) is 0 Å². The van der Waals surface area contributed by atoms with Crippen molar-refractivity contribution in [2.45, 2.75) is 34.6 Å². The molecule has 2 rings (SSSR count). The van der Waals surface area contributed by atoms with Gasteiger partial charge in [0.2, 0.25) is 0 Å². The van der Waals surface area contributed by atoms with Gasteiger partial charge in [-0.2, -0.15) is 0 Å². The van der Waals surface area contributed by atoms with Gasteiger partial charge in [-0.15, -0.1) is 0 Å². The highest BCUT2D eigenvalue weighted by molar-refractivity contribution is 6.33. The first kappa shape index (κ1) is 16.0. The lowest BCUT2D eigenvalue weighted by Crippen LogP contribution is -2.31. The van der Waals surface area contributed by atoms with Gasteiger partial charge in [0.1, 0.15) is 0 Å². The third-order valence-electron chi connectivity index (χ3n) is 5.08. The predicted octanol–water partition coefficient (Wildman–Crippen LogP) is 5.20. The van der Waals surface area contributed by atoms with Crippen molar-refractivity contribution in [1.29, 1.82) is 0 Å². The van der Waals surface area contributed by atoms with Crippen molar-refractivity contribution in [1.82, 2.24) is 0 Å². The number of benzene rings is 1. The molecule has 0 saturated heterocycles. The lowest BCUT2D eigenvalue weighted by atomic mass is 9.85. The normalized spacial score (nSPS) is 17.9. The molecule has 3 heteroatoms. The fraction of sp³-hybridized carbons (Fsp3) is 0.444. The van der Waals surface area contributed by atoms with Crippen LogP contribution in [0.4, 0.5) is 11.4 Å². The Morgan fingerprint density at radius 2 is 1.19 bits per heavy atom. The van der Waals surface area contributed by atoms with Crippen molar-refractivity contribution >= 4 is 23.0 Å². The second kappa shape index (κ2) is 4.81. The first-order valence-corrected chi connectivity index (χ1v) is 7.56. The molecule has 0 unspecified atom stereocenters. The quantitative estimate of drug-likeness (QED) is 0.649. The fourth-order valence-electron chi connectivity index (χ4n) is 3.18. The van der Waals surface area contributed by atoms with Crippen molar-refractivity contribution in [3.63, 3.8) is 0 Å². The molecule has 1 aromatic rings. The Labute approximate surface area is 133 Å². The molecule has 1 aliphatic rings. The van der Waals surface area contributed by atoms with Gasteiger partial charge in [-0.1, -0.05) is 24.8 Å². The van der Waals surface area contributed by atoms with Gasteiger partial charge in [0, 0.05) is 35.9 Å². The SMILES string of the molecule is C=C1N(C)c2c(C)c(C)c(Cl)c(C)c2N(C)C(=C)C1(C)C. The van der Waals surface area contributed by atoms with Crippen LogP contribution < -0.4 is 9.80 Å². The van der Waals surface area contributed by atoms with E-state index in [1.54, 1.807) is 0 Å². The molecule has 1 heterocycles. The van der Waals surface area contributed by atoms with Crippen molar-refractivity contribution in [2.24, 2.45) is 5.41 Å². The lowest BCUT2D eigenvalue weighted by molar-refractivity contribution is 0.520. The summed E-state index contributed by atoms with van der Waals surface area (Å²) in [7, 11) is 4.14. The van der Waals surface area contributed by atoms with Gasteiger partial charge in [0.05, 0.1) is 11.4 Å². The van der Waals surface area contributed by atoms with E-state index in [1.807, 2.05) is 0 Å². The zero-order valence-corrected chi connectivity index (χ0v) is 14.9. The molecule has 114 valence electrons. The highest BCUT2D eigenvalue weighted by Crippen LogP contribution is 2.50. The molecule has 0 atom stereocenters. The summed E-state index contributed by atoms with van der Waals surface area (Å²) < 4.78 is 0. The van der Waals surface area contributed by atoms with Gasteiger partial charge in [-0.3, -0.25) is 0 Å². The molecule has 0 spiro atoms. The minimum absolute atomic E-state index is 0.207. The lowest BCUT2D eigenvalue weighted by Gasteiger charge is -2.34. The van der Waals surface area contributed by atoms with Crippen LogP contribution in [0, 0.1) is 26.2 Å². The van der Waals surface area contributed by atoms with Crippen molar-refractivity contribution in [3.8, 4) is 0 Å². The fourth-order valence-corrected chi connectivity index (χ4v) is 3.41. The van der Waals surface area contributed by atoms with Gasteiger partial charge in [-0.05, 0) is 51.3 Å². The highest BCUT2D eigenvalue weighted by atomic mass is 35.5. The van der Waals surface area contributed by atoms with E-state index in [-0.39, 0.29) is 5.41 Å². The molecule has 0 amide bonds. The Morgan fingerprint density at radius 3 is 1.62 bits per heavy atom. The maximum absolute atomic E-state index is 6.54. The Bertz CT molecular complexity index is 601. The Morgan fingerprint density at radius 1 is 0.810 bits per heavy atom. The van der Waals surface area contributed by atoms with Gasteiger partial charge >= 0.3 is 0 Å². The molecule has 0 fully saturated rings. The number of rotatable bonds is 0. The zero-order valence-electron chi connectivity index (χ0n) is 14.2. The zero-order chi connectivity index (χ0) is 16.3. The summed E-state index contributed by atoms with van der Waals surface area (Å²) in [5.74, 6) is 0. The molecular formula is C18H25ClN2. The molecule has 0 bridgehead atoms. The van der Waals surface area contributed by atoms with Crippen LogP contribution in [-0.4, -0.2) is 14.1 Å². The molecule has 1 aliphatic heterocycles. The first-order valence-electron chi connectivity index (χ1n) is 7.18. The number of nitrogens with zero attached hydrogens (tertiary/aromatic N) is 2. The summed E-state index contributed by atoms with van der Waals surface area (Å²) in [6, 6.07) is 0. The maximum Gasteiger partial charge on any atom is 0.0694 e. The second-order valence-electron chi connectivity index (χ2n) is 6.52. The van der Waals surface area contributed by atoms with Crippen LogP contribution in [0.1, 0.15) is 30.5 Å². The first-order chi connectivity index (χ1) is 9.53. The smallest absolute Gasteiger partial charge is 0.0694 e. The molecule has 0 aliphatic carbocycles. The van der Waals surface area contributed by atoms with Gasteiger partial charge in [-0.25, -0.2) is 0 Å². The second-order valence-corrected chi connectivity index (χ2v) is 6.90. The Balaban J connectivity index is 2.93. The van der Waals surface area contributed by atoms with Gasteiger partial charge in [0.15, 0.2) is 0 Å². The molecule has 21 heavy (non-hydrogen) atoms. The van der Waals surface area contributed by atoms with Gasteiger partial charge in [0.25, 0.3) is 0 Å². The van der Waals surface area contributed by atoms with Crippen LogP contribution in [0.15, 0.2) is 24.6 Å². The molecule has 0 N–H and O–H groups in total. The van der Waals surface area contributed by atoms with E-state index in [0.717, 1.165) is 33.2 Å². The van der Waals surface area contributed by atoms with E-state index in [2.05, 4.69) is 71.7 Å². The van der Waals surface area contributed by atoms with E-state index in [9.17, 15) is 0 Å². The number of halogens is 1. The number of fused-ring (bicyclic) bond motifs is 1. The topological polar surface area (TPSA) is 6.48 Å². The summed E-state index contributed by atoms with van der Waals surface area (Å²) in [5, 5.41) is 0.838. The predicted molar refractivity (Wildman–Crippen MR) is 94.5 cm³/mol. The standard InChI is InChI=1S/C18H25ClN2/c1-10-11(2)16-17(12(3)15(10)19)21(9)14(5)18(6,7)13(4)20(16)8/h4-5H2,1-3,6-9H3. The minimum atomic E-state index is -0.207.